The van der Waals surface area contributed by atoms with Gasteiger partial charge in [0.1, 0.15) is 5.75 Å². The van der Waals surface area contributed by atoms with E-state index >= 15 is 0 Å². The SMILES string of the molecule is CCO/C=C\C(=O)c1ccc(C)cc1O. The highest BCUT2D eigenvalue weighted by Gasteiger charge is 2.07. The molecule has 0 aliphatic carbocycles. The van der Waals surface area contributed by atoms with E-state index in [0.717, 1.165) is 5.56 Å². The number of carbonyl (C=O) groups is 1. The van der Waals surface area contributed by atoms with E-state index in [0.29, 0.717) is 6.61 Å². The molecule has 0 amide bonds. The van der Waals surface area contributed by atoms with Gasteiger partial charge >= 0.3 is 0 Å². The first-order valence-electron chi connectivity index (χ1n) is 4.77. The summed E-state index contributed by atoms with van der Waals surface area (Å²) in [4.78, 5) is 11.5. The van der Waals surface area contributed by atoms with E-state index in [2.05, 4.69) is 0 Å². The van der Waals surface area contributed by atoms with Crippen LogP contribution in [0, 0.1) is 6.92 Å². The average molecular weight is 206 g/mol. The van der Waals surface area contributed by atoms with Gasteiger partial charge in [0.25, 0.3) is 0 Å². The summed E-state index contributed by atoms with van der Waals surface area (Å²) >= 11 is 0. The van der Waals surface area contributed by atoms with E-state index in [-0.39, 0.29) is 17.1 Å². The molecule has 15 heavy (non-hydrogen) atoms. The molecule has 3 nitrogen and oxygen atoms in total. The summed E-state index contributed by atoms with van der Waals surface area (Å²) in [6.45, 7) is 4.20. The predicted molar refractivity (Wildman–Crippen MR) is 57.9 cm³/mol. The summed E-state index contributed by atoms with van der Waals surface area (Å²) in [5, 5.41) is 9.52. The molecule has 0 bridgehead atoms. The number of aromatic hydroxyl groups is 1. The fourth-order valence-electron chi connectivity index (χ4n) is 1.15. The number of carbonyl (C=O) groups excluding carboxylic acids is 1. The number of phenols is 1. The van der Waals surface area contributed by atoms with E-state index in [1.54, 1.807) is 18.2 Å². The maximum atomic E-state index is 11.5. The quantitative estimate of drug-likeness (QED) is 0.467. The Morgan fingerprint density at radius 1 is 1.53 bits per heavy atom. The first-order chi connectivity index (χ1) is 7.15. The van der Waals surface area contributed by atoms with Gasteiger partial charge in [-0.2, -0.15) is 0 Å². The molecule has 0 aromatic heterocycles. The summed E-state index contributed by atoms with van der Waals surface area (Å²) < 4.78 is 4.91. The lowest BCUT2D eigenvalue weighted by atomic mass is 10.1. The number of benzene rings is 1. The Bertz CT molecular complexity index is 380. The minimum atomic E-state index is -0.263. The molecule has 0 radical (unpaired) electrons. The monoisotopic (exact) mass is 206 g/mol. The topological polar surface area (TPSA) is 46.5 Å². The number of aryl methyl sites for hydroxylation is 1. The van der Waals surface area contributed by atoms with Crippen LogP contribution in [0.1, 0.15) is 22.8 Å². The van der Waals surface area contributed by atoms with Gasteiger partial charge in [-0.05, 0) is 31.5 Å². The van der Waals surface area contributed by atoms with Gasteiger partial charge in [-0.25, -0.2) is 0 Å². The van der Waals surface area contributed by atoms with Gasteiger partial charge < -0.3 is 9.84 Å². The Kier molecular flexibility index (Phi) is 3.92. The summed E-state index contributed by atoms with van der Waals surface area (Å²) in [6, 6.07) is 4.94. The molecular formula is C12H14O3. The Balaban J connectivity index is 2.82. The van der Waals surface area contributed by atoms with Crippen molar-refractivity contribution >= 4 is 5.78 Å². The summed E-state index contributed by atoms with van der Waals surface area (Å²) in [5.74, 6) is -0.262. The van der Waals surface area contributed by atoms with Crippen molar-refractivity contribution in [1.82, 2.24) is 0 Å². The van der Waals surface area contributed by atoms with E-state index in [1.165, 1.54) is 12.3 Å². The first-order valence-corrected chi connectivity index (χ1v) is 4.77. The Morgan fingerprint density at radius 2 is 2.27 bits per heavy atom. The van der Waals surface area contributed by atoms with E-state index in [4.69, 9.17) is 4.74 Å². The first kappa shape index (κ1) is 11.3. The van der Waals surface area contributed by atoms with Gasteiger partial charge in [-0.3, -0.25) is 4.79 Å². The zero-order valence-corrected chi connectivity index (χ0v) is 8.86. The zero-order valence-electron chi connectivity index (χ0n) is 8.86. The standard InChI is InChI=1S/C12H14O3/c1-3-15-7-6-11(13)10-5-4-9(2)8-12(10)14/h4-8,14H,3H2,1-2H3/b7-6-. The molecule has 1 aromatic rings. The summed E-state index contributed by atoms with van der Waals surface area (Å²) in [7, 11) is 0. The predicted octanol–water partition coefficient (Wildman–Crippen LogP) is 2.43. The second kappa shape index (κ2) is 5.20. The molecule has 0 saturated heterocycles. The summed E-state index contributed by atoms with van der Waals surface area (Å²) in [6.07, 6.45) is 2.63. The molecule has 80 valence electrons. The van der Waals surface area contributed by atoms with Gasteiger partial charge in [-0.15, -0.1) is 0 Å². The molecule has 0 spiro atoms. The normalized spacial score (nSPS) is 10.5. The largest absolute Gasteiger partial charge is 0.507 e. The lowest BCUT2D eigenvalue weighted by Crippen LogP contribution is -1.95. The molecule has 3 heteroatoms. The highest BCUT2D eigenvalue weighted by molar-refractivity contribution is 6.06. The van der Waals surface area contributed by atoms with Crippen molar-refractivity contribution in [2.75, 3.05) is 6.61 Å². The van der Waals surface area contributed by atoms with Crippen molar-refractivity contribution in [3.05, 3.63) is 41.7 Å². The van der Waals surface area contributed by atoms with Crippen molar-refractivity contribution in [2.24, 2.45) is 0 Å². The van der Waals surface area contributed by atoms with Gasteiger partial charge in [-0.1, -0.05) is 6.07 Å². The number of phenolic OH excluding ortho intramolecular Hbond substituents is 1. The average Bonchev–Trinajstić information content (AvgIpc) is 2.17. The molecule has 0 fully saturated rings. The van der Waals surface area contributed by atoms with Crippen LogP contribution in [0.15, 0.2) is 30.5 Å². The molecule has 0 atom stereocenters. The van der Waals surface area contributed by atoms with Crippen molar-refractivity contribution in [1.29, 1.82) is 0 Å². The molecule has 1 rings (SSSR count). The van der Waals surface area contributed by atoms with E-state index in [9.17, 15) is 9.90 Å². The third-order valence-electron chi connectivity index (χ3n) is 1.90. The number of hydrogen-bond acceptors (Lipinski definition) is 3. The smallest absolute Gasteiger partial charge is 0.192 e. The Hall–Kier alpha value is -1.77. The van der Waals surface area contributed by atoms with Crippen molar-refractivity contribution in [2.45, 2.75) is 13.8 Å². The number of ketones is 1. The molecule has 1 N–H and O–H groups in total. The van der Waals surface area contributed by atoms with Crippen LogP contribution in [0.4, 0.5) is 0 Å². The minimum Gasteiger partial charge on any atom is -0.507 e. The fourth-order valence-corrected chi connectivity index (χ4v) is 1.15. The second-order valence-corrected chi connectivity index (χ2v) is 3.14. The maximum Gasteiger partial charge on any atom is 0.192 e. The number of rotatable bonds is 4. The van der Waals surface area contributed by atoms with Crippen molar-refractivity contribution < 1.29 is 14.6 Å². The Labute approximate surface area is 89.0 Å². The van der Waals surface area contributed by atoms with E-state index < -0.39 is 0 Å². The molecule has 1 aromatic carbocycles. The molecule has 0 heterocycles. The van der Waals surface area contributed by atoms with Crippen LogP contribution in [0.3, 0.4) is 0 Å². The lowest BCUT2D eigenvalue weighted by Gasteiger charge is -2.01. The second-order valence-electron chi connectivity index (χ2n) is 3.14. The van der Waals surface area contributed by atoms with Crippen molar-refractivity contribution in [3.8, 4) is 5.75 Å². The number of ether oxygens (including phenoxy) is 1. The number of hydrogen-bond donors (Lipinski definition) is 1. The molecule has 0 aliphatic heterocycles. The zero-order chi connectivity index (χ0) is 11.3. The van der Waals surface area contributed by atoms with Crippen molar-refractivity contribution in [3.63, 3.8) is 0 Å². The number of allylic oxidation sites excluding steroid dienone is 1. The summed E-state index contributed by atoms with van der Waals surface area (Å²) in [5.41, 5.74) is 1.20. The van der Waals surface area contributed by atoms with Gasteiger partial charge in [0.15, 0.2) is 5.78 Å². The minimum absolute atomic E-state index is 0.00106. The van der Waals surface area contributed by atoms with Crippen LogP contribution in [-0.4, -0.2) is 17.5 Å². The van der Waals surface area contributed by atoms with Gasteiger partial charge in [0.2, 0.25) is 0 Å². The van der Waals surface area contributed by atoms with Gasteiger partial charge in [0.05, 0.1) is 18.4 Å². The van der Waals surface area contributed by atoms with E-state index in [1.807, 2.05) is 13.8 Å². The fraction of sp³-hybridized carbons (Fsp3) is 0.250. The van der Waals surface area contributed by atoms with Crippen LogP contribution in [0.5, 0.6) is 5.75 Å². The Morgan fingerprint density at radius 3 is 2.87 bits per heavy atom. The van der Waals surface area contributed by atoms with Gasteiger partial charge in [0, 0.05) is 6.08 Å². The van der Waals surface area contributed by atoms with Crippen LogP contribution < -0.4 is 0 Å². The van der Waals surface area contributed by atoms with Crippen LogP contribution in [0.2, 0.25) is 0 Å². The third-order valence-corrected chi connectivity index (χ3v) is 1.90. The molecule has 0 saturated carbocycles. The maximum absolute atomic E-state index is 11.5. The molecule has 0 unspecified atom stereocenters. The van der Waals surface area contributed by atoms with Crippen LogP contribution in [0.25, 0.3) is 0 Å². The highest BCUT2D eigenvalue weighted by atomic mass is 16.5. The molecule has 0 aliphatic rings. The van der Waals surface area contributed by atoms with Crippen LogP contribution >= 0.6 is 0 Å². The third kappa shape index (κ3) is 3.13. The highest BCUT2D eigenvalue weighted by Crippen LogP contribution is 2.19. The molecular weight excluding hydrogens is 192 g/mol. The van der Waals surface area contributed by atoms with Crippen LogP contribution in [-0.2, 0) is 4.74 Å². The lowest BCUT2D eigenvalue weighted by molar-refractivity contribution is 0.104.